The third kappa shape index (κ3) is 2.72. The van der Waals surface area contributed by atoms with Gasteiger partial charge in [-0.2, -0.15) is 0 Å². The Morgan fingerprint density at radius 1 is 1.57 bits per heavy atom. The number of hydrogen-bond acceptors (Lipinski definition) is 2. The molecule has 0 bridgehead atoms. The van der Waals surface area contributed by atoms with Gasteiger partial charge in [0.1, 0.15) is 5.75 Å². The molecular formula is C10H10BrClO2. The summed E-state index contributed by atoms with van der Waals surface area (Å²) in [6.45, 7) is 2.44. The maximum absolute atomic E-state index is 11.3. The van der Waals surface area contributed by atoms with Gasteiger partial charge in [-0.05, 0) is 25.1 Å². The molecule has 76 valence electrons. The summed E-state index contributed by atoms with van der Waals surface area (Å²) in [5.74, 6) is 0.621. The van der Waals surface area contributed by atoms with Gasteiger partial charge in [0.05, 0.1) is 17.0 Å². The molecule has 0 aliphatic rings. The van der Waals surface area contributed by atoms with Crippen molar-refractivity contribution in [3.8, 4) is 5.75 Å². The topological polar surface area (TPSA) is 26.3 Å². The lowest BCUT2D eigenvalue weighted by Crippen LogP contribution is -2.00. The van der Waals surface area contributed by atoms with E-state index >= 15 is 0 Å². The Kier molecular flexibility index (Phi) is 4.42. The van der Waals surface area contributed by atoms with E-state index in [1.807, 2.05) is 6.92 Å². The quantitative estimate of drug-likeness (QED) is 0.623. The zero-order chi connectivity index (χ0) is 10.6. The van der Waals surface area contributed by atoms with Gasteiger partial charge in [-0.3, -0.25) is 4.79 Å². The molecule has 0 amide bonds. The van der Waals surface area contributed by atoms with Crippen LogP contribution in [0.2, 0.25) is 5.02 Å². The lowest BCUT2D eigenvalue weighted by molar-refractivity contribution is 0.102. The molecule has 0 fully saturated rings. The first-order valence-electron chi connectivity index (χ1n) is 4.20. The molecule has 0 saturated carbocycles. The highest BCUT2D eigenvalue weighted by molar-refractivity contribution is 9.09. The summed E-state index contributed by atoms with van der Waals surface area (Å²) in [6.07, 6.45) is 0. The van der Waals surface area contributed by atoms with Crippen molar-refractivity contribution in [2.45, 2.75) is 6.92 Å². The predicted octanol–water partition coefficient (Wildman–Crippen LogP) is 3.32. The van der Waals surface area contributed by atoms with Crippen LogP contribution in [0.3, 0.4) is 0 Å². The first-order valence-corrected chi connectivity index (χ1v) is 5.70. The maximum atomic E-state index is 11.3. The van der Waals surface area contributed by atoms with E-state index in [4.69, 9.17) is 16.3 Å². The van der Waals surface area contributed by atoms with Gasteiger partial charge in [-0.15, -0.1) is 0 Å². The molecule has 0 heterocycles. The largest absolute Gasteiger partial charge is 0.492 e. The normalized spacial score (nSPS) is 9.93. The van der Waals surface area contributed by atoms with Gasteiger partial charge >= 0.3 is 0 Å². The number of Topliss-reactive ketones (excluding diaryl/α,β-unsaturated/α-hetero) is 1. The zero-order valence-electron chi connectivity index (χ0n) is 7.72. The SMILES string of the molecule is CCOc1ccc(C(=O)CBr)cc1Cl. The van der Waals surface area contributed by atoms with Gasteiger partial charge in [0.15, 0.2) is 5.78 Å². The second-order valence-electron chi connectivity index (χ2n) is 2.64. The first-order chi connectivity index (χ1) is 6.69. The summed E-state index contributed by atoms with van der Waals surface area (Å²) in [4.78, 5) is 11.3. The average Bonchev–Trinajstić information content (AvgIpc) is 2.20. The number of carbonyl (C=O) groups is 1. The summed E-state index contributed by atoms with van der Waals surface area (Å²) in [6, 6.07) is 5.04. The highest BCUT2D eigenvalue weighted by Crippen LogP contribution is 2.25. The van der Waals surface area contributed by atoms with Gasteiger partial charge < -0.3 is 4.74 Å². The molecule has 0 aromatic heterocycles. The Labute approximate surface area is 96.3 Å². The van der Waals surface area contributed by atoms with Crippen LogP contribution in [0.1, 0.15) is 17.3 Å². The van der Waals surface area contributed by atoms with Crippen molar-refractivity contribution in [2.75, 3.05) is 11.9 Å². The van der Waals surface area contributed by atoms with Crippen LogP contribution in [0.5, 0.6) is 5.75 Å². The van der Waals surface area contributed by atoms with Gasteiger partial charge in [0.2, 0.25) is 0 Å². The predicted molar refractivity (Wildman–Crippen MR) is 60.7 cm³/mol. The van der Waals surface area contributed by atoms with Crippen molar-refractivity contribution in [1.29, 1.82) is 0 Å². The van der Waals surface area contributed by atoms with E-state index in [1.54, 1.807) is 18.2 Å². The molecule has 0 unspecified atom stereocenters. The average molecular weight is 278 g/mol. The van der Waals surface area contributed by atoms with Crippen LogP contribution >= 0.6 is 27.5 Å². The molecule has 4 heteroatoms. The van der Waals surface area contributed by atoms with Crippen LogP contribution in [0.25, 0.3) is 0 Å². The number of carbonyl (C=O) groups excluding carboxylic acids is 1. The second kappa shape index (κ2) is 5.37. The van der Waals surface area contributed by atoms with E-state index in [-0.39, 0.29) is 5.78 Å². The number of alkyl halides is 1. The lowest BCUT2D eigenvalue weighted by atomic mass is 10.1. The van der Waals surface area contributed by atoms with E-state index < -0.39 is 0 Å². The Hall–Kier alpha value is -0.540. The van der Waals surface area contributed by atoms with E-state index in [2.05, 4.69) is 15.9 Å². The molecule has 1 aromatic rings. The van der Waals surface area contributed by atoms with Crippen molar-refractivity contribution in [2.24, 2.45) is 0 Å². The number of rotatable bonds is 4. The van der Waals surface area contributed by atoms with Gasteiger partial charge in [-0.1, -0.05) is 27.5 Å². The molecule has 0 aliphatic carbocycles. The van der Waals surface area contributed by atoms with Gasteiger partial charge in [0.25, 0.3) is 0 Å². The summed E-state index contributed by atoms with van der Waals surface area (Å²) in [5, 5.41) is 0.774. The molecule has 1 rings (SSSR count). The Morgan fingerprint density at radius 2 is 2.29 bits per heavy atom. The van der Waals surface area contributed by atoms with Crippen LogP contribution in [0.15, 0.2) is 18.2 Å². The summed E-state index contributed by atoms with van der Waals surface area (Å²) < 4.78 is 5.25. The third-order valence-corrected chi connectivity index (χ3v) is 2.48. The molecule has 0 radical (unpaired) electrons. The fourth-order valence-corrected chi connectivity index (χ4v) is 1.58. The molecule has 0 saturated heterocycles. The molecule has 2 nitrogen and oxygen atoms in total. The molecule has 0 spiro atoms. The van der Waals surface area contributed by atoms with Crippen molar-refractivity contribution < 1.29 is 9.53 Å². The van der Waals surface area contributed by atoms with Crippen LogP contribution in [0.4, 0.5) is 0 Å². The van der Waals surface area contributed by atoms with E-state index in [9.17, 15) is 4.79 Å². The Morgan fingerprint density at radius 3 is 2.79 bits per heavy atom. The second-order valence-corrected chi connectivity index (χ2v) is 3.60. The maximum Gasteiger partial charge on any atom is 0.173 e. The number of ether oxygens (including phenoxy) is 1. The van der Waals surface area contributed by atoms with Crippen LogP contribution in [0, 0.1) is 0 Å². The van der Waals surface area contributed by atoms with Crippen molar-refractivity contribution in [3.63, 3.8) is 0 Å². The highest BCUT2D eigenvalue weighted by Gasteiger charge is 2.07. The van der Waals surface area contributed by atoms with Crippen molar-refractivity contribution >= 4 is 33.3 Å². The Balaban J connectivity index is 2.94. The zero-order valence-corrected chi connectivity index (χ0v) is 10.1. The summed E-state index contributed by atoms with van der Waals surface area (Å²) in [7, 11) is 0. The summed E-state index contributed by atoms with van der Waals surface area (Å²) in [5.41, 5.74) is 0.593. The van der Waals surface area contributed by atoms with Crippen LogP contribution < -0.4 is 4.74 Å². The molecule has 0 atom stereocenters. The van der Waals surface area contributed by atoms with Crippen molar-refractivity contribution in [1.82, 2.24) is 0 Å². The standard InChI is InChI=1S/C10H10BrClO2/c1-2-14-10-4-3-7(5-8(10)12)9(13)6-11/h3-5H,2,6H2,1H3. The monoisotopic (exact) mass is 276 g/mol. The fraction of sp³-hybridized carbons (Fsp3) is 0.300. The van der Waals surface area contributed by atoms with Gasteiger partial charge in [0, 0.05) is 5.56 Å². The third-order valence-electron chi connectivity index (χ3n) is 1.68. The number of ketones is 1. The molecule has 0 N–H and O–H groups in total. The molecule has 0 aliphatic heterocycles. The van der Waals surface area contributed by atoms with E-state index in [1.165, 1.54) is 0 Å². The minimum atomic E-state index is 0.00921. The number of halogens is 2. The molecule has 14 heavy (non-hydrogen) atoms. The number of hydrogen-bond donors (Lipinski definition) is 0. The minimum absolute atomic E-state index is 0.00921. The molecular weight excluding hydrogens is 267 g/mol. The van der Waals surface area contributed by atoms with Crippen molar-refractivity contribution in [3.05, 3.63) is 28.8 Å². The Bertz CT molecular complexity index is 339. The lowest BCUT2D eigenvalue weighted by Gasteiger charge is -2.06. The van der Waals surface area contributed by atoms with Gasteiger partial charge in [-0.25, -0.2) is 0 Å². The fourth-order valence-electron chi connectivity index (χ4n) is 1.02. The summed E-state index contributed by atoms with van der Waals surface area (Å²) >= 11 is 9.02. The van der Waals surface area contributed by atoms with Crippen LogP contribution in [-0.2, 0) is 0 Å². The van der Waals surface area contributed by atoms with E-state index in [0.717, 1.165) is 0 Å². The first kappa shape index (κ1) is 11.5. The number of benzene rings is 1. The smallest absolute Gasteiger partial charge is 0.173 e. The highest BCUT2D eigenvalue weighted by atomic mass is 79.9. The van der Waals surface area contributed by atoms with E-state index in [0.29, 0.717) is 28.3 Å². The minimum Gasteiger partial charge on any atom is -0.492 e. The molecule has 1 aromatic carbocycles. The van der Waals surface area contributed by atoms with Crippen LogP contribution in [-0.4, -0.2) is 17.7 Å².